The predicted octanol–water partition coefficient (Wildman–Crippen LogP) is 5.19. The Hall–Kier alpha value is -3.60. The van der Waals surface area contributed by atoms with Crippen molar-refractivity contribution < 1.29 is 32.2 Å². The van der Waals surface area contributed by atoms with Crippen LogP contribution >= 0.6 is 11.6 Å². The van der Waals surface area contributed by atoms with Gasteiger partial charge in [-0.15, -0.1) is 0 Å². The van der Waals surface area contributed by atoms with Crippen LogP contribution < -0.4 is 24.8 Å². The summed E-state index contributed by atoms with van der Waals surface area (Å²) in [5.74, 6) is 0.713. The van der Waals surface area contributed by atoms with Crippen molar-refractivity contribution in [2.24, 2.45) is 0 Å². The van der Waals surface area contributed by atoms with Crippen LogP contribution in [0.5, 0.6) is 17.2 Å². The van der Waals surface area contributed by atoms with Gasteiger partial charge in [0.2, 0.25) is 6.79 Å². The van der Waals surface area contributed by atoms with Gasteiger partial charge in [-0.25, -0.2) is 4.68 Å². The molecule has 0 radical (unpaired) electrons. The molecule has 0 aliphatic carbocycles. The number of anilines is 2. The number of aromatic nitrogens is 2. The lowest BCUT2D eigenvalue weighted by Gasteiger charge is -2.33. The highest BCUT2D eigenvalue weighted by Gasteiger charge is 2.47. The summed E-state index contributed by atoms with van der Waals surface area (Å²) in [6.45, 7) is 0.0602. The third-order valence-electron chi connectivity index (χ3n) is 5.63. The zero-order valence-electron chi connectivity index (χ0n) is 17.6. The normalized spacial score (nSPS) is 18.7. The molecular formula is C22H18ClF3N4O4. The van der Waals surface area contributed by atoms with Gasteiger partial charge < -0.3 is 24.8 Å². The lowest BCUT2D eigenvalue weighted by Crippen LogP contribution is -2.35. The van der Waals surface area contributed by atoms with E-state index in [9.17, 15) is 18.0 Å². The van der Waals surface area contributed by atoms with E-state index < -0.39 is 24.2 Å². The maximum absolute atomic E-state index is 14.0. The van der Waals surface area contributed by atoms with Crippen molar-refractivity contribution in [1.82, 2.24) is 9.78 Å². The minimum atomic E-state index is -4.58. The number of halogens is 4. The first-order valence-electron chi connectivity index (χ1n) is 10.2. The zero-order chi connectivity index (χ0) is 24.0. The van der Waals surface area contributed by atoms with E-state index >= 15 is 0 Å². The highest BCUT2D eigenvalue weighted by atomic mass is 35.5. The molecule has 3 aromatic rings. The number of methoxy groups -OCH3 is 1. The monoisotopic (exact) mass is 494 g/mol. The van der Waals surface area contributed by atoms with E-state index in [2.05, 4.69) is 15.7 Å². The SMILES string of the molecule is COc1ccc(Cl)cc1NC(=O)c1cc2n(n1)C(C(F)(F)F)CC(c1ccc3c(c1)OCO3)N2. The van der Waals surface area contributed by atoms with Crippen molar-refractivity contribution in [3.63, 3.8) is 0 Å². The summed E-state index contributed by atoms with van der Waals surface area (Å²) in [5, 5.41) is 9.96. The summed E-state index contributed by atoms with van der Waals surface area (Å²) in [4.78, 5) is 12.8. The largest absolute Gasteiger partial charge is 0.495 e. The molecule has 0 fully saturated rings. The van der Waals surface area contributed by atoms with E-state index in [1.54, 1.807) is 30.3 Å². The first kappa shape index (κ1) is 22.2. The fraction of sp³-hybridized carbons (Fsp3) is 0.273. The second kappa shape index (κ2) is 8.32. The standard InChI is InChI=1S/C22H18ClF3N4O4/c1-32-16-5-3-12(23)7-14(16)28-21(31)15-9-20-27-13(8-19(22(24,25)26)30(20)29-15)11-2-4-17-18(6-11)34-10-33-17/h2-7,9,13,19,27H,8,10H2,1H3,(H,28,31). The Morgan fingerprint density at radius 2 is 2.00 bits per heavy atom. The summed E-state index contributed by atoms with van der Waals surface area (Å²) in [6.07, 6.45) is -4.90. The third kappa shape index (κ3) is 4.07. The zero-order valence-corrected chi connectivity index (χ0v) is 18.4. The van der Waals surface area contributed by atoms with Crippen LogP contribution in [0.2, 0.25) is 5.02 Å². The van der Waals surface area contributed by atoms with Crippen molar-refractivity contribution in [1.29, 1.82) is 0 Å². The van der Waals surface area contributed by atoms with E-state index in [-0.39, 0.29) is 30.4 Å². The third-order valence-corrected chi connectivity index (χ3v) is 5.87. The number of alkyl halides is 3. The van der Waals surface area contributed by atoms with E-state index in [4.69, 9.17) is 25.8 Å². The van der Waals surface area contributed by atoms with Crippen molar-refractivity contribution >= 4 is 29.0 Å². The molecule has 0 saturated carbocycles. The highest BCUT2D eigenvalue weighted by Crippen LogP contribution is 2.45. The molecular weight excluding hydrogens is 477 g/mol. The number of carbonyl (C=O) groups is 1. The number of hydrogen-bond donors (Lipinski definition) is 2. The molecule has 2 unspecified atom stereocenters. The lowest BCUT2D eigenvalue weighted by molar-refractivity contribution is -0.173. The number of rotatable bonds is 4. The number of nitrogens with one attached hydrogen (secondary N) is 2. The first-order chi connectivity index (χ1) is 16.2. The van der Waals surface area contributed by atoms with Crippen molar-refractivity contribution in [3.8, 4) is 17.2 Å². The molecule has 2 aliphatic rings. The summed E-state index contributed by atoms with van der Waals surface area (Å²) >= 11 is 5.99. The Balaban J connectivity index is 1.45. The van der Waals surface area contributed by atoms with E-state index in [1.165, 1.54) is 19.2 Å². The second-order valence-electron chi connectivity index (χ2n) is 7.76. The average molecular weight is 495 g/mol. The quantitative estimate of drug-likeness (QED) is 0.519. The van der Waals surface area contributed by atoms with Gasteiger partial charge in [-0.3, -0.25) is 4.79 Å². The van der Waals surface area contributed by atoms with Gasteiger partial charge in [-0.05, 0) is 35.9 Å². The van der Waals surface area contributed by atoms with Crippen LogP contribution in [0.3, 0.4) is 0 Å². The summed E-state index contributed by atoms with van der Waals surface area (Å²) in [7, 11) is 1.42. The minimum absolute atomic E-state index is 0.0602. The number of amides is 1. The Bertz CT molecular complexity index is 1260. The van der Waals surface area contributed by atoms with Gasteiger partial charge in [0.25, 0.3) is 5.91 Å². The van der Waals surface area contributed by atoms with Gasteiger partial charge >= 0.3 is 6.18 Å². The Labute approximate surface area is 196 Å². The fourth-order valence-electron chi connectivity index (χ4n) is 4.00. The van der Waals surface area contributed by atoms with Gasteiger partial charge in [0.1, 0.15) is 11.6 Å². The molecule has 1 aromatic heterocycles. The maximum Gasteiger partial charge on any atom is 0.410 e. The van der Waals surface area contributed by atoms with Crippen LogP contribution in [0.15, 0.2) is 42.5 Å². The maximum atomic E-state index is 14.0. The molecule has 0 spiro atoms. The number of hydrogen-bond acceptors (Lipinski definition) is 6. The molecule has 1 amide bonds. The predicted molar refractivity (Wildman–Crippen MR) is 117 cm³/mol. The van der Waals surface area contributed by atoms with E-state index in [1.807, 2.05) is 0 Å². The van der Waals surface area contributed by atoms with Gasteiger partial charge in [0, 0.05) is 17.5 Å². The van der Waals surface area contributed by atoms with Gasteiger partial charge in [-0.1, -0.05) is 17.7 Å². The highest BCUT2D eigenvalue weighted by molar-refractivity contribution is 6.31. The summed E-state index contributed by atoms with van der Waals surface area (Å²) in [6, 6.07) is 8.28. The lowest BCUT2D eigenvalue weighted by atomic mass is 9.96. The van der Waals surface area contributed by atoms with Crippen molar-refractivity contribution in [3.05, 3.63) is 58.7 Å². The number of nitrogens with zero attached hydrogens (tertiary/aromatic N) is 2. The van der Waals surface area contributed by atoms with Crippen LogP contribution in [0.1, 0.15) is 34.6 Å². The molecule has 178 valence electrons. The van der Waals surface area contributed by atoms with Gasteiger partial charge in [0.15, 0.2) is 23.2 Å². The summed E-state index contributed by atoms with van der Waals surface area (Å²) < 4.78 is 58.5. The molecule has 2 aromatic carbocycles. The molecule has 5 rings (SSSR count). The molecule has 2 atom stereocenters. The number of benzene rings is 2. The number of ether oxygens (including phenoxy) is 3. The second-order valence-corrected chi connectivity index (χ2v) is 8.20. The fourth-order valence-corrected chi connectivity index (χ4v) is 4.17. The molecule has 2 N–H and O–H groups in total. The molecule has 2 aliphatic heterocycles. The molecule has 0 bridgehead atoms. The van der Waals surface area contributed by atoms with Crippen molar-refractivity contribution in [2.75, 3.05) is 24.5 Å². The number of fused-ring (bicyclic) bond motifs is 2. The minimum Gasteiger partial charge on any atom is -0.495 e. The first-order valence-corrected chi connectivity index (χ1v) is 10.6. The van der Waals surface area contributed by atoms with Crippen molar-refractivity contribution in [2.45, 2.75) is 24.7 Å². The smallest absolute Gasteiger partial charge is 0.410 e. The van der Waals surface area contributed by atoms with E-state index in [0.29, 0.717) is 27.8 Å². The molecule has 0 saturated heterocycles. The van der Waals surface area contributed by atoms with E-state index in [0.717, 1.165) is 4.68 Å². The molecule has 8 nitrogen and oxygen atoms in total. The topological polar surface area (TPSA) is 86.6 Å². The molecule has 34 heavy (non-hydrogen) atoms. The molecule has 3 heterocycles. The van der Waals surface area contributed by atoms with Gasteiger partial charge in [0.05, 0.1) is 18.8 Å². The molecule has 12 heteroatoms. The van der Waals surface area contributed by atoms with Crippen LogP contribution in [-0.2, 0) is 0 Å². The average Bonchev–Trinajstić information content (AvgIpc) is 3.44. The summed E-state index contributed by atoms with van der Waals surface area (Å²) in [5.41, 5.74) is 0.676. The van der Waals surface area contributed by atoms with Crippen LogP contribution in [0.25, 0.3) is 0 Å². The Morgan fingerprint density at radius 1 is 1.21 bits per heavy atom. The Morgan fingerprint density at radius 3 is 2.76 bits per heavy atom. The van der Waals surface area contributed by atoms with Crippen LogP contribution in [-0.4, -0.2) is 35.8 Å². The number of carbonyl (C=O) groups excluding carboxylic acids is 1. The Kier molecular flexibility index (Phi) is 5.43. The van der Waals surface area contributed by atoms with Crippen LogP contribution in [0.4, 0.5) is 24.7 Å². The van der Waals surface area contributed by atoms with Crippen LogP contribution in [0, 0.1) is 0 Å². The van der Waals surface area contributed by atoms with Gasteiger partial charge in [-0.2, -0.15) is 18.3 Å².